The fraction of sp³-hybridized carbons (Fsp3) is 1.00. The number of hydrogen-bond acceptors (Lipinski definition) is 3. The number of hydrazine groups is 1. The predicted octanol–water partition coefficient (Wildman–Crippen LogP) is -1.90. The monoisotopic (exact) mass is 169 g/mol. The number of nitrogens with zero attached hydrogens (tertiary/aromatic N) is 3. The molecule has 0 N–H and O–H groups in total. The third kappa shape index (κ3) is 4.44. The third-order valence-electron chi connectivity index (χ3n) is 1.30. The zero-order chi connectivity index (χ0) is 8.36. The molecule has 0 fully saturated rings. The van der Waals surface area contributed by atoms with Crippen LogP contribution in [-0.4, -0.2) is 22.6 Å². The van der Waals surface area contributed by atoms with E-state index in [1.165, 1.54) is 12.1 Å². The summed E-state index contributed by atoms with van der Waals surface area (Å²) in [5.74, 6) is 0. The van der Waals surface area contributed by atoms with Crippen LogP contribution in [0.4, 0.5) is 0 Å². The van der Waals surface area contributed by atoms with Crippen LogP contribution in [0.2, 0.25) is 0 Å². The van der Waals surface area contributed by atoms with Gasteiger partial charge >= 0.3 is 29.6 Å². The predicted molar refractivity (Wildman–Crippen MR) is 36.9 cm³/mol. The second-order valence-corrected chi connectivity index (χ2v) is 3.03. The van der Waals surface area contributed by atoms with Gasteiger partial charge in [0.25, 0.3) is 0 Å². The maximum absolute atomic E-state index is 10.5. The molecule has 0 aliphatic carbocycles. The first-order valence-corrected chi connectivity index (χ1v) is 2.94. The molecule has 0 heterocycles. The Kier molecular flexibility index (Phi) is 5.92. The molecule has 0 saturated heterocycles. The van der Waals surface area contributed by atoms with Crippen molar-refractivity contribution in [2.24, 2.45) is 5.28 Å². The summed E-state index contributed by atoms with van der Waals surface area (Å²) in [4.78, 5) is 0.0278. The van der Waals surface area contributed by atoms with Crippen molar-refractivity contribution in [3.8, 4) is 0 Å². The van der Waals surface area contributed by atoms with E-state index in [2.05, 4.69) is 5.28 Å². The summed E-state index contributed by atoms with van der Waals surface area (Å²) in [5, 5.41) is 23.7. The zero-order valence-electron chi connectivity index (χ0n) is 7.66. The summed E-state index contributed by atoms with van der Waals surface area (Å²) in [6.45, 7) is 5.43. The first-order valence-electron chi connectivity index (χ1n) is 2.94. The minimum atomic E-state index is -0.365. The second kappa shape index (κ2) is 4.79. The molecular formula is C5H12N3NaO2. The van der Waals surface area contributed by atoms with Gasteiger partial charge in [0.1, 0.15) is 0 Å². The molecular weight excluding hydrogens is 157 g/mol. The van der Waals surface area contributed by atoms with Gasteiger partial charge in [-0.3, -0.25) is 0 Å². The summed E-state index contributed by atoms with van der Waals surface area (Å²) in [6.07, 6.45) is 0. The van der Waals surface area contributed by atoms with E-state index in [-0.39, 0.29) is 40.1 Å². The van der Waals surface area contributed by atoms with Gasteiger partial charge in [-0.05, 0) is 26.0 Å². The van der Waals surface area contributed by atoms with Crippen molar-refractivity contribution >= 4 is 0 Å². The summed E-state index contributed by atoms with van der Waals surface area (Å²) in [6, 6.07) is 0. The minimum Gasteiger partial charge on any atom is -0.737 e. The van der Waals surface area contributed by atoms with E-state index in [4.69, 9.17) is 0 Å². The Morgan fingerprint density at radius 2 is 1.73 bits per heavy atom. The van der Waals surface area contributed by atoms with Crippen LogP contribution < -0.4 is 29.6 Å². The Bertz CT molecular complexity index is 143. The van der Waals surface area contributed by atoms with Gasteiger partial charge in [0.15, 0.2) is 0 Å². The van der Waals surface area contributed by atoms with E-state index >= 15 is 0 Å². The molecule has 0 aromatic rings. The van der Waals surface area contributed by atoms with Gasteiger partial charge in [-0.2, -0.15) is 0 Å². The fourth-order valence-corrected chi connectivity index (χ4v) is 0.311. The van der Waals surface area contributed by atoms with Crippen LogP contribution in [0.5, 0.6) is 0 Å². The Morgan fingerprint density at radius 3 is 1.82 bits per heavy atom. The van der Waals surface area contributed by atoms with Crippen molar-refractivity contribution in [1.82, 2.24) is 5.01 Å². The van der Waals surface area contributed by atoms with E-state index in [0.29, 0.717) is 0 Å². The van der Waals surface area contributed by atoms with Gasteiger partial charge in [0, 0.05) is 4.97 Å². The van der Waals surface area contributed by atoms with Crippen molar-refractivity contribution in [1.29, 1.82) is 0 Å². The molecule has 0 unspecified atom stereocenters. The topological polar surface area (TPSA) is 64.7 Å². The molecule has 6 heteroatoms. The number of hydrogen-bond donors (Lipinski definition) is 0. The molecule has 0 aromatic heterocycles. The third-order valence-corrected chi connectivity index (χ3v) is 1.30. The molecule has 0 atom stereocenters. The summed E-state index contributed by atoms with van der Waals surface area (Å²) >= 11 is 0. The van der Waals surface area contributed by atoms with Crippen LogP contribution in [0.15, 0.2) is 5.28 Å². The number of rotatable bonds is 1. The maximum Gasteiger partial charge on any atom is 1.00 e. The molecule has 0 aromatic carbocycles. The van der Waals surface area contributed by atoms with Gasteiger partial charge in [0.05, 0.1) is 12.6 Å². The summed E-state index contributed by atoms with van der Waals surface area (Å²) < 4.78 is 0. The first-order chi connectivity index (χ1) is 4.39. The van der Waals surface area contributed by atoms with Crippen molar-refractivity contribution in [2.45, 2.75) is 26.3 Å². The fourth-order valence-electron chi connectivity index (χ4n) is 0.311. The van der Waals surface area contributed by atoms with Crippen molar-refractivity contribution in [2.75, 3.05) is 7.05 Å². The molecule has 0 spiro atoms. The molecule has 11 heavy (non-hydrogen) atoms. The van der Waals surface area contributed by atoms with Crippen molar-refractivity contribution < 1.29 is 34.5 Å². The Labute approximate surface area is 88.5 Å². The van der Waals surface area contributed by atoms with Crippen LogP contribution in [-0.2, 0) is 0 Å². The molecule has 60 valence electrons. The SMILES string of the molecule is CN([N+]([O-])=N[O-])C(C)(C)C.[Na+]. The average Bonchev–Trinajstić information content (AvgIpc) is 1.83. The van der Waals surface area contributed by atoms with Crippen LogP contribution in [0.25, 0.3) is 0 Å². The summed E-state index contributed by atoms with van der Waals surface area (Å²) in [7, 11) is 1.51. The van der Waals surface area contributed by atoms with Crippen molar-refractivity contribution in [3.63, 3.8) is 0 Å². The summed E-state index contributed by atoms with van der Waals surface area (Å²) in [5.41, 5.74) is -0.365. The molecule has 0 radical (unpaired) electrons. The molecule has 0 aliphatic heterocycles. The van der Waals surface area contributed by atoms with Crippen LogP contribution in [0.3, 0.4) is 0 Å². The van der Waals surface area contributed by atoms with E-state index in [9.17, 15) is 10.4 Å². The minimum absolute atomic E-state index is 0. The first kappa shape index (κ1) is 13.6. The van der Waals surface area contributed by atoms with Crippen LogP contribution in [0.1, 0.15) is 20.8 Å². The van der Waals surface area contributed by atoms with Gasteiger partial charge in [0.2, 0.25) is 0 Å². The molecule has 0 saturated carbocycles. The van der Waals surface area contributed by atoms with E-state index in [1.807, 2.05) is 20.8 Å². The van der Waals surface area contributed by atoms with Crippen molar-refractivity contribution in [3.05, 3.63) is 10.4 Å². The van der Waals surface area contributed by atoms with Gasteiger partial charge in [-0.15, -0.1) is 5.01 Å². The molecule has 0 bridgehead atoms. The largest absolute Gasteiger partial charge is 1.00 e. The molecule has 0 aliphatic rings. The van der Waals surface area contributed by atoms with Crippen LogP contribution >= 0.6 is 0 Å². The normalized spacial score (nSPS) is 12.2. The van der Waals surface area contributed by atoms with E-state index in [0.717, 1.165) is 0 Å². The second-order valence-electron chi connectivity index (χ2n) is 3.03. The van der Waals surface area contributed by atoms with Gasteiger partial charge in [-0.1, -0.05) is 0 Å². The quantitative estimate of drug-likeness (QED) is 0.199. The molecule has 0 rings (SSSR count). The Hall–Kier alpha value is 0. The Balaban J connectivity index is 0. The van der Waals surface area contributed by atoms with E-state index < -0.39 is 0 Å². The smallest absolute Gasteiger partial charge is 0.737 e. The maximum atomic E-state index is 10.5. The zero-order valence-corrected chi connectivity index (χ0v) is 9.66. The molecule has 5 nitrogen and oxygen atoms in total. The average molecular weight is 169 g/mol. The standard InChI is InChI=1S/C5H13N3O2.Na/c1-5(2,3)7(4)8(10)6-9;/h9H,1-4H3;/q;+1/p-1. The Morgan fingerprint density at radius 1 is 1.36 bits per heavy atom. The van der Waals surface area contributed by atoms with Crippen LogP contribution in [0, 0.1) is 10.4 Å². The van der Waals surface area contributed by atoms with E-state index in [1.54, 1.807) is 0 Å². The van der Waals surface area contributed by atoms with Gasteiger partial charge < -0.3 is 10.4 Å². The molecule has 0 amide bonds. The van der Waals surface area contributed by atoms with Gasteiger partial charge in [-0.25, -0.2) is 0 Å².